The summed E-state index contributed by atoms with van der Waals surface area (Å²) in [6.07, 6.45) is 6.33. The van der Waals surface area contributed by atoms with Crippen LogP contribution in [0.3, 0.4) is 0 Å². The first-order chi connectivity index (χ1) is 7.91. The zero-order chi connectivity index (χ0) is 12.7. The van der Waals surface area contributed by atoms with Gasteiger partial charge in [0.2, 0.25) is 0 Å². The molecule has 3 atom stereocenters. The van der Waals surface area contributed by atoms with Crippen molar-refractivity contribution in [2.24, 2.45) is 5.41 Å². The van der Waals surface area contributed by atoms with E-state index in [9.17, 15) is 0 Å². The molecular formula is C15H26O2. The summed E-state index contributed by atoms with van der Waals surface area (Å²) in [5.74, 6) is 0. The highest BCUT2D eigenvalue weighted by molar-refractivity contribution is 5.27. The van der Waals surface area contributed by atoms with Crippen LogP contribution < -0.4 is 0 Å². The van der Waals surface area contributed by atoms with Crippen LogP contribution in [0.15, 0.2) is 11.6 Å². The third kappa shape index (κ3) is 2.06. The molecule has 98 valence electrons. The standard InChI is InChI=1S/C15H26O2/c1-6-16-13-9-11(2)15(14(4,5)10-13)8-7-12(3)17-15/h9,12-13H,6-8,10H2,1-5H3/t12-,13?,15?/m0/s1. The van der Waals surface area contributed by atoms with Crippen LogP contribution in [0.2, 0.25) is 0 Å². The zero-order valence-corrected chi connectivity index (χ0v) is 11.9. The highest BCUT2D eigenvalue weighted by Crippen LogP contribution is 2.53. The van der Waals surface area contributed by atoms with Gasteiger partial charge >= 0.3 is 0 Å². The lowest BCUT2D eigenvalue weighted by Gasteiger charge is -2.49. The highest BCUT2D eigenvalue weighted by atomic mass is 16.5. The number of rotatable bonds is 2. The maximum absolute atomic E-state index is 6.32. The van der Waals surface area contributed by atoms with Gasteiger partial charge in [0, 0.05) is 12.0 Å². The minimum atomic E-state index is -0.0416. The number of hydrogen-bond donors (Lipinski definition) is 0. The number of ether oxygens (including phenoxy) is 2. The largest absolute Gasteiger partial charge is 0.374 e. The second-order valence-electron chi connectivity index (χ2n) is 6.23. The first-order valence-electron chi connectivity index (χ1n) is 6.89. The lowest BCUT2D eigenvalue weighted by molar-refractivity contribution is -0.109. The summed E-state index contributed by atoms with van der Waals surface area (Å²) in [6.45, 7) is 11.9. The molecule has 1 aliphatic carbocycles. The molecule has 0 amide bonds. The normalized spacial score (nSPS) is 40.6. The summed E-state index contributed by atoms with van der Waals surface area (Å²) in [7, 11) is 0. The average molecular weight is 238 g/mol. The summed E-state index contributed by atoms with van der Waals surface area (Å²) in [5.41, 5.74) is 1.49. The van der Waals surface area contributed by atoms with Gasteiger partial charge in [0.05, 0.1) is 17.8 Å². The second-order valence-corrected chi connectivity index (χ2v) is 6.23. The highest BCUT2D eigenvalue weighted by Gasteiger charge is 2.54. The van der Waals surface area contributed by atoms with Crippen LogP contribution >= 0.6 is 0 Å². The van der Waals surface area contributed by atoms with E-state index < -0.39 is 0 Å². The van der Waals surface area contributed by atoms with Crippen molar-refractivity contribution in [3.05, 3.63) is 11.6 Å². The van der Waals surface area contributed by atoms with Gasteiger partial charge in [-0.15, -0.1) is 0 Å². The van der Waals surface area contributed by atoms with Crippen molar-refractivity contribution in [3.63, 3.8) is 0 Å². The Kier molecular flexibility index (Phi) is 3.39. The van der Waals surface area contributed by atoms with Crippen molar-refractivity contribution < 1.29 is 9.47 Å². The van der Waals surface area contributed by atoms with Gasteiger partial charge in [0.1, 0.15) is 0 Å². The molecule has 0 aromatic heterocycles. The van der Waals surface area contributed by atoms with E-state index in [2.05, 4.69) is 40.7 Å². The first kappa shape index (κ1) is 13.1. The Morgan fingerprint density at radius 3 is 2.65 bits per heavy atom. The monoisotopic (exact) mass is 238 g/mol. The zero-order valence-electron chi connectivity index (χ0n) is 11.9. The minimum absolute atomic E-state index is 0.0416. The van der Waals surface area contributed by atoms with Crippen LogP contribution in [-0.2, 0) is 9.47 Å². The second kappa shape index (κ2) is 4.40. The number of hydrogen-bond acceptors (Lipinski definition) is 2. The van der Waals surface area contributed by atoms with Crippen LogP contribution in [0.5, 0.6) is 0 Å². The molecule has 0 radical (unpaired) electrons. The molecule has 2 aliphatic rings. The third-order valence-corrected chi connectivity index (χ3v) is 4.56. The molecule has 1 fully saturated rings. The Bertz CT molecular complexity index is 319. The molecule has 1 aliphatic heterocycles. The smallest absolute Gasteiger partial charge is 0.0946 e. The molecule has 1 saturated heterocycles. The van der Waals surface area contributed by atoms with Crippen molar-refractivity contribution in [2.45, 2.75) is 71.7 Å². The van der Waals surface area contributed by atoms with Crippen LogP contribution in [0.25, 0.3) is 0 Å². The van der Waals surface area contributed by atoms with Gasteiger partial charge < -0.3 is 9.47 Å². The van der Waals surface area contributed by atoms with E-state index in [-0.39, 0.29) is 17.1 Å². The maximum atomic E-state index is 6.32. The van der Waals surface area contributed by atoms with E-state index in [1.165, 1.54) is 12.0 Å². The molecular weight excluding hydrogens is 212 g/mol. The summed E-state index contributed by atoms with van der Waals surface area (Å²) in [6, 6.07) is 0. The van der Waals surface area contributed by atoms with Gasteiger partial charge in [0.15, 0.2) is 0 Å². The lowest BCUT2D eigenvalue weighted by Crippen LogP contribution is -2.50. The molecule has 2 heteroatoms. The minimum Gasteiger partial charge on any atom is -0.374 e. The topological polar surface area (TPSA) is 18.5 Å². The van der Waals surface area contributed by atoms with Crippen LogP contribution in [-0.4, -0.2) is 24.4 Å². The fourth-order valence-electron chi connectivity index (χ4n) is 3.65. The molecule has 17 heavy (non-hydrogen) atoms. The molecule has 0 aromatic rings. The van der Waals surface area contributed by atoms with E-state index in [4.69, 9.17) is 9.47 Å². The van der Waals surface area contributed by atoms with Gasteiger partial charge in [-0.05, 0) is 45.6 Å². The maximum Gasteiger partial charge on any atom is 0.0946 e. The lowest BCUT2D eigenvalue weighted by atomic mass is 9.63. The first-order valence-corrected chi connectivity index (χ1v) is 6.89. The Morgan fingerprint density at radius 2 is 2.18 bits per heavy atom. The van der Waals surface area contributed by atoms with E-state index in [1.807, 2.05) is 0 Å². The predicted molar refractivity (Wildman–Crippen MR) is 70.1 cm³/mol. The van der Waals surface area contributed by atoms with Gasteiger partial charge in [-0.1, -0.05) is 19.9 Å². The SMILES string of the molecule is CCOC1C=C(C)C2(CC[C@H](C)O2)C(C)(C)C1. The third-order valence-electron chi connectivity index (χ3n) is 4.56. The Morgan fingerprint density at radius 1 is 1.47 bits per heavy atom. The van der Waals surface area contributed by atoms with E-state index >= 15 is 0 Å². The van der Waals surface area contributed by atoms with Crippen LogP contribution in [0.4, 0.5) is 0 Å². The van der Waals surface area contributed by atoms with Gasteiger partial charge in [0.25, 0.3) is 0 Å². The van der Waals surface area contributed by atoms with E-state index in [0.717, 1.165) is 19.4 Å². The van der Waals surface area contributed by atoms with Gasteiger partial charge in [-0.3, -0.25) is 0 Å². The summed E-state index contributed by atoms with van der Waals surface area (Å²) < 4.78 is 12.1. The molecule has 0 bridgehead atoms. The molecule has 2 nitrogen and oxygen atoms in total. The molecule has 2 unspecified atom stereocenters. The van der Waals surface area contributed by atoms with Crippen LogP contribution in [0.1, 0.15) is 53.9 Å². The van der Waals surface area contributed by atoms with Crippen molar-refractivity contribution in [1.82, 2.24) is 0 Å². The Balaban J connectivity index is 2.30. The van der Waals surface area contributed by atoms with E-state index in [1.54, 1.807) is 0 Å². The molecule has 0 aromatic carbocycles. The molecule has 1 heterocycles. The predicted octanol–water partition coefficient (Wildman–Crippen LogP) is 3.71. The fraction of sp³-hybridized carbons (Fsp3) is 0.867. The van der Waals surface area contributed by atoms with Crippen molar-refractivity contribution in [2.75, 3.05) is 6.61 Å². The quantitative estimate of drug-likeness (QED) is 0.683. The summed E-state index contributed by atoms with van der Waals surface area (Å²) in [5, 5.41) is 0. The van der Waals surface area contributed by atoms with Crippen molar-refractivity contribution in [3.8, 4) is 0 Å². The van der Waals surface area contributed by atoms with Crippen LogP contribution in [0, 0.1) is 5.41 Å². The summed E-state index contributed by atoms with van der Waals surface area (Å²) in [4.78, 5) is 0. The van der Waals surface area contributed by atoms with Crippen molar-refractivity contribution >= 4 is 0 Å². The Hall–Kier alpha value is -0.340. The molecule has 0 N–H and O–H groups in total. The summed E-state index contributed by atoms with van der Waals surface area (Å²) >= 11 is 0. The van der Waals surface area contributed by atoms with Gasteiger partial charge in [-0.2, -0.15) is 0 Å². The molecule has 0 saturated carbocycles. The fourth-order valence-corrected chi connectivity index (χ4v) is 3.65. The Labute approximate surface area is 105 Å². The van der Waals surface area contributed by atoms with Crippen molar-refractivity contribution in [1.29, 1.82) is 0 Å². The molecule has 2 rings (SSSR count). The molecule has 1 spiro atoms. The van der Waals surface area contributed by atoms with E-state index in [0.29, 0.717) is 6.10 Å². The van der Waals surface area contributed by atoms with Gasteiger partial charge in [-0.25, -0.2) is 0 Å². The average Bonchev–Trinajstić information content (AvgIpc) is 2.60.